The van der Waals surface area contributed by atoms with Crippen LogP contribution in [0.15, 0.2) is 146 Å². The summed E-state index contributed by atoms with van der Waals surface area (Å²) in [5.41, 5.74) is 18.3. The van der Waals surface area contributed by atoms with E-state index < -0.39 is 0 Å². The highest BCUT2D eigenvalue weighted by Crippen LogP contribution is 2.55. The van der Waals surface area contributed by atoms with Crippen LogP contribution < -0.4 is 4.90 Å². The fourth-order valence-corrected chi connectivity index (χ4v) is 9.30. The minimum absolute atomic E-state index is 0.0834. The van der Waals surface area contributed by atoms with Crippen LogP contribution in [0.2, 0.25) is 0 Å². The van der Waals surface area contributed by atoms with Crippen molar-refractivity contribution in [2.45, 2.75) is 77.6 Å². The molecule has 0 aliphatic heterocycles. The van der Waals surface area contributed by atoms with Gasteiger partial charge >= 0.3 is 0 Å². The van der Waals surface area contributed by atoms with E-state index in [1.54, 1.807) is 0 Å². The second-order valence-corrected chi connectivity index (χ2v) is 17.3. The number of aryl methyl sites for hydroxylation is 1. The molecular weight excluding hydrogens is 639 g/mol. The number of nitrogens with zero attached hydrogens (tertiary/aromatic N) is 1. The first kappa shape index (κ1) is 33.4. The smallest absolute Gasteiger partial charge is 0.0543 e. The molecule has 0 unspecified atom stereocenters. The molecule has 262 valence electrons. The number of fused-ring (bicyclic) bond motifs is 5. The van der Waals surface area contributed by atoms with Crippen molar-refractivity contribution in [2.75, 3.05) is 4.90 Å². The predicted octanol–water partition coefficient (Wildman–Crippen LogP) is 14.6. The number of rotatable bonds is 5. The first-order valence-electron chi connectivity index (χ1n) is 19.3. The van der Waals surface area contributed by atoms with Crippen molar-refractivity contribution in [3.63, 3.8) is 0 Å². The molecule has 2 aliphatic rings. The maximum atomic E-state index is 2.58. The van der Waals surface area contributed by atoms with Crippen LogP contribution in [-0.2, 0) is 16.2 Å². The van der Waals surface area contributed by atoms with Crippen LogP contribution in [0, 0.1) is 6.92 Å². The zero-order valence-corrected chi connectivity index (χ0v) is 32.2. The fourth-order valence-electron chi connectivity index (χ4n) is 9.30. The summed E-state index contributed by atoms with van der Waals surface area (Å²) in [7, 11) is 0. The van der Waals surface area contributed by atoms with Crippen LogP contribution in [0.1, 0.15) is 82.2 Å². The Morgan fingerprint density at radius 2 is 1.00 bits per heavy atom. The summed E-state index contributed by atoms with van der Waals surface area (Å²) in [6, 6.07) is 54.8. The summed E-state index contributed by atoms with van der Waals surface area (Å²) in [5.74, 6) is 0. The first-order valence-corrected chi connectivity index (χ1v) is 19.3. The number of hydrogen-bond donors (Lipinski definition) is 0. The van der Waals surface area contributed by atoms with E-state index in [0.717, 1.165) is 0 Å². The third kappa shape index (κ3) is 5.43. The zero-order valence-electron chi connectivity index (χ0n) is 32.2. The van der Waals surface area contributed by atoms with Crippen molar-refractivity contribution in [2.24, 2.45) is 0 Å². The molecule has 2 aliphatic carbocycles. The van der Waals surface area contributed by atoms with Crippen LogP contribution in [0.3, 0.4) is 0 Å². The molecule has 0 atom stereocenters. The van der Waals surface area contributed by atoms with Crippen LogP contribution >= 0.6 is 0 Å². The van der Waals surface area contributed by atoms with Crippen molar-refractivity contribution >= 4 is 27.8 Å². The molecule has 0 saturated carbocycles. The molecule has 0 amide bonds. The molecule has 9 rings (SSSR count). The SMILES string of the molecule is Cc1cc2c(cc1N(c1ccc3ccccc3c1)c1cc3c(cc1-c1ccc(-c4ccccc4)cc1)-c1ccccc1C3(C)C)C(C)(C)CCC2(C)C. The van der Waals surface area contributed by atoms with Crippen LogP contribution in [0.5, 0.6) is 0 Å². The summed E-state index contributed by atoms with van der Waals surface area (Å²) in [6.07, 6.45) is 2.37. The third-order valence-electron chi connectivity index (χ3n) is 12.6. The Morgan fingerprint density at radius 1 is 0.415 bits per heavy atom. The van der Waals surface area contributed by atoms with Gasteiger partial charge in [-0.05, 0) is 127 Å². The molecule has 53 heavy (non-hydrogen) atoms. The van der Waals surface area contributed by atoms with Crippen LogP contribution in [0.25, 0.3) is 44.2 Å². The Balaban J connectivity index is 1.35. The largest absolute Gasteiger partial charge is 0.310 e. The second kappa shape index (κ2) is 12.1. The Bertz CT molecular complexity index is 2530. The van der Waals surface area contributed by atoms with Crippen LogP contribution in [0.4, 0.5) is 17.1 Å². The van der Waals surface area contributed by atoms with Crippen molar-refractivity contribution in [3.8, 4) is 33.4 Å². The van der Waals surface area contributed by atoms with Gasteiger partial charge in [0.25, 0.3) is 0 Å². The van der Waals surface area contributed by atoms with E-state index in [2.05, 4.69) is 199 Å². The van der Waals surface area contributed by atoms with Gasteiger partial charge in [0.15, 0.2) is 0 Å². The average molecular weight is 688 g/mol. The third-order valence-corrected chi connectivity index (χ3v) is 12.6. The minimum Gasteiger partial charge on any atom is -0.310 e. The van der Waals surface area contributed by atoms with Crippen molar-refractivity contribution < 1.29 is 0 Å². The highest BCUT2D eigenvalue weighted by atomic mass is 15.1. The molecule has 0 bridgehead atoms. The number of hydrogen-bond acceptors (Lipinski definition) is 1. The van der Waals surface area contributed by atoms with E-state index in [9.17, 15) is 0 Å². The van der Waals surface area contributed by atoms with Gasteiger partial charge in [-0.1, -0.05) is 157 Å². The molecule has 1 nitrogen and oxygen atoms in total. The monoisotopic (exact) mass is 687 g/mol. The van der Waals surface area contributed by atoms with Gasteiger partial charge < -0.3 is 4.90 Å². The van der Waals surface area contributed by atoms with E-state index in [-0.39, 0.29) is 16.2 Å². The summed E-state index contributed by atoms with van der Waals surface area (Å²) in [5, 5.41) is 2.50. The lowest BCUT2D eigenvalue weighted by atomic mass is 9.63. The Labute approximate surface area is 316 Å². The molecule has 0 radical (unpaired) electrons. The maximum Gasteiger partial charge on any atom is 0.0543 e. The summed E-state index contributed by atoms with van der Waals surface area (Å²) in [4.78, 5) is 2.58. The lowest BCUT2D eigenvalue weighted by Crippen LogP contribution is -2.34. The predicted molar refractivity (Wildman–Crippen MR) is 227 cm³/mol. The van der Waals surface area contributed by atoms with Gasteiger partial charge in [-0.25, -0.2) is 0 Å². The number of anilines is 3. The van der Waals surface area contributed by atoms with Crippen molar-refractivity contribution in [1.29, 1.82) is 0 Å². The Morgan fingerprint density at radius 3 is 1.74 bits per heavy atom. The summed E-state index contributed by atoms with van der Waals surface area (Å²) >= 11 is 0. The first-order chi connectivity index (χ1) is 25.4. The number of benzene rings is 7. The van der Waals surface area contributed by atoms with E-state index >= 15 is 0 Å². The van der Waals surface area contributed by atoms with Gasteiger partial charge in [-0.2, -0.15) is 0 Å². The topological polar surface area (TPSA) is 3.24 Å². The molecule has 7 aromatic carbocycles. The van der Waals surface area contributed by atoms with E-state index in [1.165, 1.54) is 102 Å². The van der Waals surface area contributed by atoms with E-state index in [4.69, 9.17) is 0 Å². The van der Waals surface area contributed by atoms with Gasteiger partial charge in [-0.3, -0.25) is 0 Å². The van der Waals surface area contributed by atoms with E-state index in [1.807, 2.05) is 0 Å². The molecule has 0 spiro atoms. The molecule has 0 fully saturated rings. The van der Waals surface area contributed by atoms with Gasteiger partial charge in [0.2, 0.25) is 0 Å². The van der Waals surface area contributed by atoms with Crippen molar-refractivity contribution in [3.05, 3.63) is 173 Å². The molecule has 7 aromatic rings. The zero-order chi connectivity index (χ0) is 36.7. The highest BCUT2D eigenvalue weighted by molar-refractivity contribution is 5.97. The quantitative estimate of drug-likeness (QED) is 0.174. The summed E-state index contributed by atoms with van der Waals surface area (Å²) < 4.78 is 0. The van der Waals surface area contributed by atoms with Gasteiger partial charge in [0.1, 0.15) is 0 Å². The Kier molecular flexibility index (Phi) is 7.61. The molecule has 0 saturated heterocycles. The molecule has 0 aromatic heterocycles. The van der Waals surface area contributed by atoms with Gasteiger partial charge in [0.05, 0.1) is 5.69 Å². The molecule has 0 N–H and O–H groups in total. The molecular formula is C52H49N. The van der Waals surface area contributed by atoms with Gasteiger partial charge in [0, 0.05) is 22.4 Å². The lowest BCUT2D eigenvalue weighted by Gasteiger charge is -2.43. The maximum absolute atomic E-state index is 2.58. The standard InChI is InChI=1S/C52H49N/c1-34-29-46-47(51(4,5)28-27-50(46,2)3)33-48(34)53(40-26-25-36-17-11-12-18-39(36)30-40)49-32-45-43(41-19-13-14-20-44(41)52(45,6)7)31-42(49)38-23-21-37(22-24-38)35-15-9-8-10-16-35/h8-26,29-33H,27-28H2,1-7H3. The van der Waals surface area contributed by atoms with Gasteiger partial charge in [-0.15, -0.1) is 0 Å². The lowest BCUT2D eigenvalue weighted by molar-refractivity contribution is 0.332. The molecule has 0 heterocycles. The van der Waals surface area contributed by atoms with Crippen molar-refractivity contribution in [1.82, 2.24) is 0 Å². The van der Waals surface area contributed by atoms with E-state index in [0.29, 0.717) is 0 Å². The minimum atomic E-state index is -0.137. The normalized spacial score (nSPS) is 16.1. The Hall–Kier alpha value is -5.40. The second-order valence-electron chi connectivity index (χ2n) is 17.3. The molecule has 1 heteroatoms. The summed E-state index contributed by atoms with van der Waals surface area (Å²) in [6.45, 7) is 16.8. The highest BCUT2D eigenvalue weighted by Gasteiger charge is 2.40. The fraction of sp³-hybridized carbons (Fsp3) is 0.231. The average Bonchev–Trinajstić information content (AvgIpc) is 3.39. The van der Waals surface area contributed by atoms with Crippen LogP contribution in [-0.4, -0.2) is 0 Å².